The van der Waals surface area contributed by atoms with E-state index in [1.165, 1.54) is 0 Å². The summed E-state index contributed by atoms with van der Waals surface area (Å²) in [5.41, 5.74) is 0.638. The fourth-order valence-corrected chi connectivity index (χ4v) is 5.68. The van der Waals surface area contributed by atoms with Gasteiger partial charge in [0.25, 0.3) is 0 Å². The van der Waals surface area contributed by atoms with E-state index in [1.807, 2.05) is 0 Å². The first kappa shape index (κ1) is 23.2. The Morgan fingerprint density at radius 1 is 0.750 bits per heavy atom. The fraction of sp³-hybridized carbons (Fsp3) is 0.600. The second kappa shape index (κ2) is 11.8. The number of imide groups is 1. The van der Waals surface area contributed by atoms with Gasteiger partial charge in [-0.25, -0.2) is 0 Å². The molecule has 0 spiro atoms. The average Bonchev–Trinajstić information content (AvgIpc) is 2.94. The number of carbonyl (C=O) groups excluding carboxylic acids is 2. The molecule has 0 fully saturated rings. The van der Waals surface area contributed by atoms with Crippen LogP contribution in [0.4, 0.5) is 0 Å². The third-order valence-corrected chi connectivity index (χ3v) is 7.54. The van der Waals surface area contributed by atoms with Gasteiger partial charge in [0.2, 0.25) is 0 Å². The summed E-state index contributed by atoms with van der Waals surface area (Å²) < 4.78 is 23.9. The molecule has 0 bridgehead atoms. The molecule has 28 heavy (non-hydrogen) atoms. The third kappa shape index (κ3) is 5.96. The molecular formula is C20H31NO6Ti. The van der Waals surface area contributed by atoms with Crippen molar-refractivity contribution in [3.8, 4) is 0 Å². The Balaban J connectivity index is 2.22. The molecule has 0 saturated carbocycles. The van der Waals surface area contributed by atoms with Crippen molar-refractivity contribution in [1.82, 2.24) is 5.06 Å². The molecule has 1 aromatic carbocycles. The molecule has 0 unspecified atom stereocenters. The van der Waals surface area contributed by atoms with Crippen LogP contribution in [0.15, 0.2) is 24.3 Å². The maximum absolute atomic E-state index is 12.7. The Morgan fingerprint density at radius 2 is 1.14 bits per heavy atom. The van der Waals surface area contributed by atoms with E-state index in [0.717, 1.165) is 43.6 Å². The Kier molecular flexibility index (Phi) is 9.78. The monoisotopic (exact) mass is 429 g/mol. The number of rotatable bonds is 14. The topological polar surface area (TPSA) is 74.3 Å². The molecule has 0 aromatic heterocycles. The molecule has 156 valence electrons. The Labute approximate surface area is 172 Å². The van der Waals surface area contributed by atoms with E-state index in [1.54, 1.807) is 24.3 Å². The zero-order valence-electron chi connectivity index (χ0n) is 17.1. The van der Waals surface area contributed by atoms with Crippen molar-refractivity contribution >= 4 is 11.8 Å². The molecule has 1 aliphatic rings. The Bertz CT molecular complexity index is 592. The molecule has 1 aromatic rings. The molecular weight excluding hydrogens is 398 g/mol. The summed E-state index contributed by atoms with van der Waals surface area (Å²) in [4.78, 5) is 25.4. The zero-order valence-corrected chi connectivity index (χ0v) is 18.6. The molecule has 0 radical (unpaired) electrons. The van der Waals surface area contributed by atoms with Gasteiger partial charge in [0.05, 0.1) is 0 Å². The molecule has 1 heterocycles. The number of nitrogens with zero attached hydrogens (tertiary/aromatic N) is 1. The molecule has 0 N–H and O–H groups in total. The van der Waals surface area contributed by atoms with Crippen LogP contribution in [0.5, 0.6) is 0 Å². The van der Waals surface area contributed by atoms with E-state index in [9.17, 15) is 9.59 Å². The second-order valence-corrected chi connectivity index (χ2v) is 9.85. The van der Waals surface area contributed by atoms with Crippen molar-refractivity contribution in [2.45, 2.75) is 59.3 Å². The number of hydrogen-bond donors (Lipinski definition) is 0. The first-order chi connectivity index (χ1) is 13.6. The summed E-state index contributed by atoms with van der Waals surface area (Å²) in [5, 5.41) is 0.772. The number of carbonyl (C=O) groups is 2. The number of benzene rings is 1. The van der Waals surface area contributed by atoms with Gasteiger partial charge in [-0.05, 0) is 0 Å². The molecule has 2 rings (SSSR count). The van der Waals surface area contributed by atoms with Gasteiger partial charge >= 0.3 is 172 Å². The van der Waals surface area contributed by atoms with Gasteiger partial charge in [0.1, 0.15) is 0 Å². The van der Waals surface area contributed by atoms with Crippen molar-refractivity contribution in [2.24, 2.45) is 0 Å². The summed E-state index contributed by atoms with van der Waals surface area (Å²) in [7, 11) is 0. The number of hydrogen-bond acceptors (Lipinski definition) is 6. The zero-order chi connectivity index (χ0) is 20.4. The van der Waals surface area contributed by atoms with Crippen LogP contribution in [0, 0.1) is 0 Å². The summed E-state index contributed by atoms with van der Waals surface area (Å²) in [6.07, 6.45) is 5.26. The fourth-order valence-electron chi connectivity index (χ4n) is 2.59. The third-order valence-electron chi connectivity index (χ3n) is 4.29. The molecule has 1 aliphatic heterocycles. The molecule has 7 nitrogen and oxygen atoms in total. The van der Waals surface area contributed by atoms with Crippen LogP contribution < -0.4 is 0 Å². The van der Waals surface area contributed by atoms with Crippen molar-refractivity contribution in [1.29, 1.82) is 0 Å². The summed E-state index contributed by atoms with van der Waals surface area (Å²) in [6.45, 7) is 7.37. The van der Waals surface area contributed by atoms with Crippen LogP contribution in [0.3, 0.4) is 0 Å². The molecule has 0 atom stereocenters. The van der Waals surface area contributed by atoms with Gasteiger partial charge in [-0.2, -0.15) is 0 Å². The van der Waals surface area contributed by atoms with E-state index >= 15 is 0 Å². The van der Waals surface area contributed by atoms with Crippen molar-refractivity contribution in [3.05, 3.63) is 35.4 Å². The molecule has 0 aliphatic carbocycles. The minimum atomic E-state index is -4.34. The van der Waals surface area contributed by atoms with Crippen molar-refractivity contribution in [3.63, 3.8) is 0 Å². The Hall–Kier alpha value is -1.09. The van der Waals surface area contributed by atoms with Crippen molar-refractivity contribution < 1.29 is 41.1 Å². The maximum atomic E-state index is 12.7. The van der Waals surface area contributed by atoms with Gasteiger partial charge in [-0.3, -0.25) is 0 Å². The van der Waals surface area contributed by atoms with Gasteiger partial charge in [-0.15, -0.1) is 0 Å². The van der Waals surface area contributed by atoms with Gasteiger partial charge in [-0.1, -0.05) is 0 Å². The van der Waals surface area contributed by atoms with Crippen LogP contribution in [-0.4, -0.2) is 36.7 Å². The molecule has 2 amide bonds. The first-order valence-corrected chi connectivity index (χ1v) is 12.7. The van der Waals surface area contributed by atoms with Crippen LogP contribution in [0.2, 0.25) is 0 Å². The van der Waals surface area contributed by atoms with Gasteiger partial charge in [0.15, 0.2) is 0 Å². The molecule has 0 saturated heterocycles. The van der Waals surface area contributed by atoms with Gasteiger partial charge < -0.3 is 0 Å². The average molecular weight is 429 g/mol. The quantitative estimate of drug-likeness (QED) is 0.247. The number of fused-ring (bicyclic) bond motifs is 1. The van der Waals surface area contributed by atoms with E-state index in [4.69, 9.17) is 13.4 Å². The van der Waals surface area contributed by atoms with Crippen LogP contribution in [-0.2, 0) is 31.5 Å². The van der Waals surface area contributed by atoms with Crippen LogP contribution in [0.1, 0.15) is 80.0 Å². The SMILES string of the molecule is CCCC[O][Ti]([O]CCCC)([O]CCCC)[O]N1C(=O)c2ccccc2C1=O. The first-order valence-electron chi connectivity index (χ1n) is 10.2. The Morgan fingerprint density at radius 3 is 1.50 bits per heavy atom. The number of hydroxylamine groups is 2. The van der Waals surface area contributed by atoms with E-state index in [2.05, 4.69) is 20.8 Å². The predicted octanol–water partition coefficient (Wildman–Crippen LogP) is 4.48. The van der Waals surface area contributed by atoms with E-state index < -0.39 is 30.0 Å². The summed E-state index contributed by atoms with van der Waals surface area (Å²) in [6, 6.07) is 6.66. The normalized spacial score (nSPS) is 14.0. The number of amides is 2. The number of unbranched alkanes of at least 4 members (excludes halogenated alkanes) is 3. The molecule has 8 heteroatoms. The van der Waals surface area contributed by atoms with Gasteiger partial charge in [0, 0.05) is 0 Å². The van der Waals surface area contributed by atoms with Crippen LogP contribution >= 0.6 is 0 Å². The minimum absolute atomic E-state index is 0.319. The van der Waals surface area contributed by atoms with Crippen LogP contribution in [0.25, 0.3) is 0 Å². The predicted molar refractivity (Wildman–Crippen MR) is 101 cm³/mol. The van der Waals surface area contributed by atoms with E-state index in [-0.39, 0.29) is 0 Å². The standard InChI is InChI=1S/C8H4NO3.3C4H9O.Ti/c10-7-5-3-1-2-4-6(5)8(11)9(7)12;3*1-2-3-4-5;/h1-4H;3*2-4H2,1H3;/q4*-1;+4. The summed E-state index contributed by atoms with van der Waals surface area (Å²) in [5.74, 6) is -1.01. The van der Waals surface area contributed by atoms with E-state index in [0.29, 0.717) is 30.9 Å². The van der Waals surface area contributed by atoms with Crippen molar-refractivity contribution in [2.75, 3.05) is 19.8 Å². The second-order valence-electron chi connectivity index (χ2n) is 6.65. The summed E-state index contributed by atoms with van der Waals surface area (Å²) >= 11 is -4.34.